The monoisotopic (exact) mass is 395 g/mol. The summed E-state index contributed by atoms with van der Waals surface area (Å²) in [5.41, 5.74) is 0.00874. The van der Waals surface area contributed by atoms with Gasteiger partial charge in [-0.15, -0.1) is 0 Å². The lowest BCUT2D eigenvalue weighted by Gasteiger charge is -2.34. The summed E-state index contributed by atoms with van der Waals surface area (Å²) in [7, 11) is 0. The first-order valence-corrected chi connectivity index (χ1v) is 9.56. The maximum Gasteiger partial charge on any atom is 0.266 e. The van der Waals surface area contributed by atoms with Crippen LogP contribution >= 0.6 is 0 Å². The molecule has 1 radical (unpaired) electrons. The van der Waals surface area contributed by atoms with E-state index in [1.807, 2.05) is 32.9 Å². The number of carbonyl (C=O) groups excluding carboxylic acids is 2. The van der Waals surface area contributed by atoms with Crippen LogP contribution in [0.4, 0.5) is 0 Å². The molecule has 0 spiro atoms. The molecule has 28 heavy (non-hydrogen) atoms. The third-order valence-corrected chi connectivity index (χ3v) is 4.29. The quantitative estimate of drug-likeness (QED) is 0.0895. The molecule has 0 saturated heterocycles. The third-order valence-electron chi connectivity index (χ3n) is 4.29. The normalized spacial score (nSPS) is 17.6. The number of nitro groups is 1. The first-order valence-electron chi connectivity index (χ1n) is 9.56. The van der Waals surface area contributed by atoms with Crippen LogP contribution in [-0.4, -0.2) is 28.5 Å². The highest BCUT2D eigenvalue weighted by Gasteiger charge is 2.40. The molecule has 10 heteroatoms. The van der Waals surface area contributed by atoms with Gasteiger partial charge in [-0.05, 0) is 37.5 Å². The van der Waals surface area contributed by atoms with Gasteiger partial charge in [-0.2, -0.15) is 0 Å². The summed E-state index contributed by atoms with van der Waals surface area (Å²) in [5.74, 6) is -1.18. The Bertz CT molecular complexity index is 607. The Labute approximate surface area is 165 Å². The van der Waals surface area contributed by atoms with E-state index in [0.717, 1.165) is 12.8 Å². The van der Waals surface area contributed by atoms with Gasteiger partial charge in [-0.25, -0.2) is 10.1 Å². The molecule has 0 unspecified atom stereocenters. The van der Waals surface area contributed by atoms with Crippen LogP contribution in [0.1, 0.15) is 59.3 Å². The van der Waals surface area contributed by atoms with Gasteiger partial charge >= 0.3 is 0 Å². The van der Waals surface area contributed by atoms with Crippen LogP contribution in [0.3, 0.4) is 0 Å². The van der Waals surface area contributed by atoms with Gasteiger partial charge in [-0.1, -0.05) is 44.8 Å². The van der Waals surface area contributed by atoms with Gasteiger partial charge in [0.2, 0.25) is 5.91 Å². The topological polar surface area (TPSA) is 149 Å². The van der Waals surface area contributed by atoms with Gasteiger partial charge in [0.25, 0.3) is 11.9 Å². The number of allylic oxidation sites excluding steroid dienone is 2. The highest BCUT2D eigenvalue weighted by atomic mass is 16.7. The van der Waals surface area contributed by atoms with Crippen molar-refractivity contribution in [2.24, 2.45) is 11.8 Å². The second-order valence-electron chi connectivity index (χ2n) is 7.35. The van der Waals surface area contributed by atoms with E-state index >= 15 is 0 Å². The number of nitrogens with one attached hydrogen (secondary N) is 5. The highest BCUT2D eigenvalue weighted by molar-refractivity contribution is 5.95. The van der Waals surface area contributed by atoms with Gasteiger partial charge in [-0.3, -0.25) is 15.0 Å². The SMILES string of the molecule is CCC[C@](NC(=N)N[N+](=O)[O-])(NC(=O)C[C@@H]1C=CCC1)C(=O)N[CH]CC(C)C. The van der Waals surface area contributed by atoms with Crippen LogP contribution in [0.2, 0.25) is 0 Å². The molecule has 0 fully saturated rings. The number of hydrogen-bond acceptors (Lipinski definition) is 5. The molecule has 0 heterocycles. The smallest absolute Gasteiger partial charge is 0.266 e. The van der Waals surface area contributed by atoms with Crippen molar-refractivity contribution < 1.29 is 14.6 Å². The van der Waals surface area contributed by atoms with E-state index in [1.165, 1.54) is 0 Å². The molecule has 1 aliphatic carbocycles. The third kappa shape index (κ3) is 7.93. The predicted octanol–water partition coefficient (Wildman–Crippen LogP) is 1.59. The average molecular weight is 395 g/mol. The standard InChI is InChI=1S/C18H31N6O4/c1-4-10-18(22-17(19)23-24(27)28,16(26)20-11-9-13(2)3)21-15(25)12-14-7-5-6-8-14/h5,7,11,13-14H,4,6,8-10,12H2,1-3H3,(H,20,26)(H,21,25)(H3,19,22,23)/t14-,18-/m1/s1. The zero-order valence-corrected chi connectivity index (χ0v) is 16.7. The van der Waals surface area contributed by atoms with Gasteiger partial charge in [0.15, 0.2) is 10.7 Å². The van der Waals surface area contributed by atoms with Crippen molar-refractivity contribution in [1.82, 2.24) is 21.4 Å². The summed E-state index contributed by atoms with van der Waals surface area (Å²) in [6.07, 6.45) is 7.26. The molecular formula is C18H31N6O4. The summed E-state index contributed by atoms with van der Waals surface area (Å²) < 4.78 is 0. The fourth-order valence-corrected chi connectivity index (χ4v) is 2.99. The first kappa shape index (κ1) is 23.4. The lowest BCUT2D eigenvalue weighted by atomic mass is 9.99. The molecule has 0 aromatic carbocycles. The van der Waals surface area contributed by atoms with Gasteiger partial charge in [0, 0.05) is 13.0 Å². The lowest BCUT2D eigenvalue weighted by molar-refractivity contribution is -0.526. The molecule has 5 N–H and O–H groups in total. The fourth-order valence-electron chi connectivity index (χ4n) is 2.99. The number of hydrogen-bond donors (Lipinski definition) is 5. The van der Waals surface area contributed by atoms with Crippen LogP contribution < -0.4 is 21.4 Å². The number of rotatable bonds is 11. The van der Waals surface area contributed by atoms with Gasteiger partial charge in [0.05, 0.1) is 0 Å². The van der Waals surface area contributed by atoms with Crippen molar-refractivity contribution in [3.05, 3.63) is 28.8 Å². The maximum absolute atomic E-state index is 12.9. The Morgan fingerprint density at radius 1 is 1.39 bits per heavy atom. The molecular weight excluding hydrogens is 364 g/mol. The molecule has 0 aromatic heterocycles. The number of amides is 2. The van der Waals surface area contributed by atoms with Crippen molar-refractivity contribution >= 4 is 17.8 Å². The fraction of sp³-hybridized carbons (Fsp3) is 0.667. The van der Waals surface area contributed by atoms with E-state index in [2.05, 4.69) is 16.0 Å². The minimum Gasteiger partial charge on any atom is -0.348 e. The molecule has 0 aliphatic heterocycles. The van der Waals surface area contributed by atoms with Gasteiger partial charge in [0.1, 0.15) is 0 Å². The predicted molar refractivity (Wildman–Crippen MR) is 105 cm³/mol. The number of guanidine groups is 1. The van der Waals surface area contributed by atoms with E-state index < -0.39 is 22.6 Å². The molecule has 2 atom stereocenters. The first-order chi connectivity index (χ1) is 13.2. The van der Waals surface area contributed by atoms with Gasteiger partial charge < -0.3 is 16.0 Å². The van der Waals surface area contributed by atoms with E-state index in [-0.39, 0.29) is 24.7 Å². The van der Waals surface area contributed by atoms with E-state index in [9.17, 15) is 19.7 Å². The number of carbonyl (C=O) groups is 2. The Hall–Kier alpha value is -2.65. The van der Waals surface area contributed by atoms with Crippen LogP contribution in [0.5, 0.6) is 0 Å². The molecule has 0 aromatic rings. The Kier molecular flexibility index (Phi) is 9.40. The summed E-state index contributed by atoms with van der Waals surface area (Å²) in [6.45, 7) is 7.40. The second-order valence-corrected chi connectivity index (χ2v) is 7.35. The molecule has 1 rings (SSSR count). The maximum atomic E-state index is 12.9. The Balaban J connectivity index is 2.95. The van der Waals surface area contributed by atoms with Crippen LogP contribution in [0.15, 0.2) is 12.2 Å². The highest BCUT2D eigenvalue weighted by Crippen LogP contribution is 2.21. The molecule has 0 saturated carbocycles. The number of hydrazine groups is 1. The van der Waals surface area contributed by atoms with Crippen molar-refractivity contribution in [1.29, 1.82) is 5.41 Å². The van der Waals surface area contributed by atoms with Crippen molar-refractivity contribution in [3.8, 4) is 0 Å². The molecule has 157 valence electrons. The van der Waals surface area contributed by atoms with E-state index in [4.69, 9.17) is 5.41 Å². The zero-order chi connectivity index (χ0) is 21.2. The lowest BCUT2D eigenvalue weighted by Crippen LogP contribution is -2.69. The largest absolute Gasteiger partial charge is 0.348 e. The minimum absolute atomic E-state index is 0.103. The van der Waals surface area contributed by atoms with E-state index in [0.29, 0.717) is 18.8 Å². The van der Waals surface area contributed by atoms with E-state index in [1.54, 1.807) is 12.0 Å². The van der Waals surface area contributed by atoms with Crippen molar-refractivity contribution in [3.63, 3.8) is 0 Å². The summed E-state index contributed by atoms with van der Waals surface area (Å²) in [6, 6.07) is 0. The molecule has 2 amide bonds. The van der Waals surface area contributed by atoms with Crippen molar-refractivity contribution in [2.75, 3.05) is 0 Å². The second kappa shape index (κ2) is 11.3. The minimum atomic E-state index is -1.66. The number of nitrogens with zero attached hydrogens (tertiary/aromatic N) is 1. The van der Waals surface area contributed by atoms with Crippen LogP contribution in [0, 0.1) is 33.9 Å². The zero-order valence-electron chi connectivity index (χ0n) is 16.7. The van der Waals surface area contributed by atoms with Crippen LogP contribution in [-0.2, 0) is 9.59 Å². The van der Waals surface area contributed by atoms with Crippen molar-refractivity contribution in [2.45, 2.75) is 65.0 Å². The summed E-state index contributed by atoms with van der Waals surface area (Å²) >= 11 is 0. The molecule has 1 aliphatic rings. The molecule has 10 nitrogen and oxygen atoms in total. The Morgan fingerprint density at radius 3 is 2.64 bits per heavy atom. The Morgan fingerprint density at radius 2 is 2.11 bits per heavy atom. The summed E-state index contributed by atoms with van der Waals surface area (Å²) in [4.78, 5) is 36.1. The summed E-state index contributed by atoms with van der Waals surface area (Å²) in [5, 5.41) is 25.3. The van der Waals surface area contributed by atoms with Crippen LogP contribution in [0.25, 0.3) is 0 Å². The molecule has 0 bridgehead atoms. The average Bonchev–Trinajstić information content (AvgIpc) is 3.06.